The molecular formula is C21H29BrN2O4S. The van der Waals surface area contributed by atoms with Gasteiger partial charge in [0.2, 0.25) is 11.8 Å². The van der Waals surface area contributed by atoms with Gasteiger partial charge in [-0.25, -0.2) is 8.42 Å². The molecule has 1 aromatic rings. The number of halogens is 1. The zero-order valence-electron chi connectivity index (χ0n) is 17.0. The van der Waals surface area contributed by atoms with Gasteiger partial charge in [0.15, 0.2) is 9.84 Å². The average Bonchev–Trinajstić information content (AvgIpc) is 3.10. The van der Waals surface area contributed by atoms with Gasteiger partial charge in [0.05, 0.1) is 16.3 Å². The Labute approximate surface area is 181 Å². The standard InChI is InChI=1S/C21H29BrN2O4S/c1-3-20(26)24-10-8-15-12-16(22)13-18(21(15)24)29(27,28)11-9-19(25)23-17-7-5-4-6-14(17)2/h12-14,17H,3-11H2,1-2H3,(H,23,25)/t14-,17+/m0/s1. The van der Waals surface area contributed by atoms with Gasteiger partial charge < -0.3 is 10.2 Å². The minimum absolute atomic E-state index is 0.0748. The van der Waals surface area contributed by atoms with Crippen LogP contribution < -0.4 is 10.2 Å². The lowest BCUT2D eigenvalue weighted by Gasteiger charge is -2.29. The van der Waals surface area contributed by atoms with E-state index < -0.39 is 9.84 Å². The molecule has 2 atom stereocenters. The van der Waals surface area contributed by atoms with Crippen molar-refractivity contribution in [2.75, 3.05) is 17.2 Å². The number of anilines is 1. The number of amides is 2. The lowest BCUT2D eigenvalue weighted by Crippen LogP contribution is -2.41. The maximum atomic E-state index is 13.1. The smallest absolute Gasteiger partial charge is 0.226 e. The summed E-state index contributed by atoms with van der Waals surface area (Å²) in [7, 11) is -3.72. The van der Waals surface area contributed by atoms with Crippen LogP contribution in [0.25, 0.3) is 0 Å². The second kappa shape index (κ2) is 9.16. The summed E-state index contributed by atoms with van der Waals surface area (Å²) in [5.41, 5.74) is 1.33. The third kappa shape index (κ3) is 5.02. The van der Waals surface area contributed by atoms with Crippen LogP contribution in [0.15, 0.2) is 21.5 Å². The predicted octanol–water partition coefficient (Wildman–Crippen LogP) is 3.61. The maximum absolute atomic E-state index is 13.1. The molecule has 1 aliphatic heterocycles. The highest BCUT2D eigenvalue weighted by atomic mass is 79.9. The highest BCUT2D eigenvalue weighted by molar-refractivity contribution is 9.10. The van der Waals surface area contributed by atoms with E-state index in [4.69, 9.17) is 0 Å². The normalized spacial score (nSPS) is 21.7. The van der Waals surface area contributed by atoms with Crippen molar-refractivity contribution in [2.24, 2.45) is 5.92 Å². The molecule has 0 bridgehead atoms. The summed E-state index contributed by atoms with van der Waals surface area (Å²) in [6.07, 6.45) is 5.19. The molecule has 160 valence electrons. The summed E-state index contributed by atoms with van der Waals surface area (Å²) in [4.78, 5) is 26.4. The molecule has 1 aromatic carbocycles. The second-order valence-electron chi connectivity index (χ2n) is 8.07. The van der Waals surface area contributed by atoms with Crippen LogP contribution >= 0.6 is 15.9 Å². The SMILES string of the molecule is CCC(=O)N1CCc2cc(Br)cc(S(=O)(=O)CCC(=O)N[C@@H]3CCCC[C@@H]3C)c21. The van der Waals surface area contributed by atoms with E-state index in [0.29, 0.717) is 35.5 Å². The number of hydrogen-bond acceptors (Lipinski definition) is 4. The van der Waals surface area contributed by atoms with Crippen LogP contribution in [0.3, 0.4) is 0 Å². The van der Waals surface area contributed by atoms with Gasteiger partial charge in [-0.1, -0.05) is 42.6 Å². The number of nitrogens with zero attached hydrogens (tertiary/aromatic N) is 1. The summed E-state index contributed by atoms with van der Waals surface area (Å²) in [6, 6.07) is 3.55. The van der Waals surface area contributed by atoms with E-state index in [9.17, 15) is 18.0 Å². The van der Waals surface area contributed by atoms with Crippen molar-refractivity contribution in [1.29, 1.82) is 0 Å². The molecule has 1 heterocycles. The molecule has 0 saturated heterocycles. The number of nitrogens with one attached hydrogen (secondary N) is 1. The van der Waals surface area contributed by atoms with Crippen molar-refractivity contribution in [2.45, 2.75) is 69.7 Å². The molecule has 29 heavy (non-hydrogen) atoms. The average molecular weight is 485 g/mol. The Morgan fingerprint density at radius 1 is 1.24 bits per heavy atom. The second-order valence-corrected chi connectivity index (χ2v) is 11.1. The number of hydrogen-bond donors (Lipinski definition) is 1. The van der Waals surface area contributed by atoms with Gasteiger partial charge >= 0.3 is 0 Å². The molecule has 1 fully saturated rings. The Kier molecular flexibility index (Phi) is 7.04. The number of carbonyl (C=O) groups is 2. The van der Waals surface area contributed by atoms with Gasteiger partial charge in [0.25, 0.3) is 0 Å². The van der Waals surface area contributed by atoms with Crippen LogP contribution in [0.5, 0.6) is 0 Å². The van der Waals surface area contributed by atoms with Gasteiger partial charge in [-0.2, -0.15) is 0 Å². The third-order valence-corrected chi connectivity index (χ3v) is 8.17. The van der Waals surface area contributed by atoms with Gasteiger partial charge in [-0.15, -0.1) is 0 Å². The predicted molar refractivity (Wildman–Crippen MR) is 117 cm³/mol. The highest BCUT2D eigenvalue weighted by Crippen LogP contribution is 2.38. The molecule has 6 nitrogen and oxygen atoms in total. The van der Waals surface area contributed by atoms with Crippen molar-refractivity contribution in [3.05, 3.63) is 22.2 Å². The maximum Gasteiger partial charge on any atom is 0.226 e. The first kappa shape index (κ1) is 22.3. The number of rotatable bonds is 6. The Hall–Kier alpha value is -1.41. The molecule has 0 aromatic heterocycles. The van der Waals surface area contributed by atoms with E-state index >= 15 is 0 Å². The molecule has 0 unspecified atom stereocenters. The molecule has 0 radical (unpaired) electrons. The summed E-state index contributed by atoms with van der Waals surface area (Å²) in [5.74, 6) is -0.157. The minimum Gasteiger partial charge on any atom is -0.353 e. The van der Waals surface area contributed by atoms with E-state index in [2.05, 4.69) is 28.2 Å². The van der Waals surface area contributed by atoms with E-state index in [1.807, 2.05) is 6.07 Å². The van der Waals surface area contributed by atoms with Crippen LogP contribution in [0.1, 0.15) is 57.9 Å². The van der Waals surface area contributed by atoms with E-state index in [-0.39, 0.29) is 34.9 Å². The minimum atomic E-state index is -3.72. The van der Waals surface area contributed by atoms with Crippen molar-refractivity contribution in [3.8, 4) is 0 Å². The van der Waals surface area contributed by atoms with Gasteiger partial charge in [0, 0.05) is 29.9 Å². The lowest BCUT2D eigenvalue weighted by molar-refractivity contribution is -0.122. The Bertz CT molecular complexity index is 900. The Balaban J connectivity index is 1.76. The molecule has 0 spiro atoms. The van der Waals surface area contributed by atoms with Crippen LogP contribution in [0, 0.1) is 5.92 Å². The molecule has 1 N–H and O–H groups in total. The van der Waals surface area contributed by atoms with Crippen molar-refractivity contribution in [3.63, 3.8) is 0 Å². The zero-order valence-corrected chi connectivity index (χ0v) is 19.4. The summed E-state index contributed by atoms with van der Waals surface area (Å²) in [6.45, 7) is 4.38. The van der Waals surface area contributed by atoms with E-state index in [0.717, 1.165) is 24.8 Å². The summed E-state index contributed by atoms with van der Waals surface area (Å²) < 4.78 is 26.9. The first-order valence-corrected chi connectivity index (χ1v) is 12.8. The van der Waals surface area contributed by atoms with Crippen LogP contribution in [-0.4, -0.2) is 38.6 Å². The molecule has 8 heteroatoms. The van der Waals surface area contributed by atoms with Gasteiger partial charge in [-0.3, -0.25) is 9.59 Å². The fourth-order valence-electron chi connectivity index (χ4n) is 4.29. The topological polar surface area (TPSA) is 83.6 Å². The number of carbonyl (C=O) groups excluding carboxylic acids is 2. The number of fused-ring (bicyclic) bond motifs is 1. The summed E-state index contributed by atoms with van der Waals surface area (Å²) >= 11 is 3.39. The van der Waals surface area contributed by atoms with Crippen molar-refractivity contribution >= 4 is 43.3 Å². The van der Waals surface area contributed by atoms with Gasteiger partial charge in [-0.05, 0) is 42.9 Å². The first-order valence-electron chi connectivity index (χ1n) is 10.4. The van der Waals surface area contributed by atoms with Crippen molar-refractivity contribution in [1.82, 2.24) is 5.32 Å². The zero-order chi connectivity index (χ0) is 21.2. The van der Waals surface area contributed by atoms with Crippen LogP contribution in [0.4, 0.5) is 5.69 Å². The monoisotopic (exact) mass is 484 g/mol. The molecule has 1 aliphatic carbocycles. The first-order chi connectivity index (χ1) is 13.7. The number of benzene rings is 1. The van der Waals surface area contributed by atoms with Crippen LogP contribution in [-0.2, 0) is 25.8 Å². The highest BCUT2D eigenvalue weighted by Gasteiger charge is 2.32. The Morgan fingerprint density at radius 2 is 1.97 bits per heavy atom. The number of sulfone groups is 1. The van der Waals surface area contributed by atoms with E-state index in [1.165, 1.54) is 6.42 Å². The van der Waals surface area contributed by atoms with Crippen molar-refractivity contribution < 1.29 is 18.0 Å². The van der Waals surface area contributed by atoms with E-state index in [1.54, 1.807) is 17.9 Å². The molecular weight excluding hydrogens is 456 g/mol. The molecule has 2 amide bonds. The molecule has 1 saturated carbocycles. The fourth-order valence-corrected chi connectivity index (χ4v) is 6.47. The largest absolute Gasteiger partial charge is 0.353 e. The molecule has 3 rings (SSSR count). The van der Waals surface area contributed by atoms with Crippen LogP contribution in [0.2, 0.25) is 0 Å². The van der Waals surface area contributed by atoms with Gasteiger partial charge in [0.1, 0.15) is 0 Å². The Morgan fingerprint density at radius 3 is 2.66 bits per heavy atom. The third-order valence-electron chi connectivity index (χ3n) is 5.99. The molecule has 2 aliphatic rings. The quantitative estimate of drug-likeness (QED) is 0.668. The summed E-state index contributed by atoms with van der Waals surface area (Å²) in [5, 5.41) is 3.02. The fraction of sp³-hybridized carbons (Fsp3) is 0.619. The lowest BCUT2D eigenvalue weighted by atomic mass is 9.86.